The molecular formula is C7H11N3. The predicted molar refractivity (Wildman–Crippen MR) is 42.3 cm³/mol. The summed E-state index contributed by atoms with van der Waals surface area (Å²) in [5.74, 6) is 0.866. The summed E-state index contributed by atoms with van der Waals surface area (Å²) in [5.41, 5.74) is 0. The van der Waals surface area contributed by atoms with Gasteiger partial charge in [0, 0.05) is 26.5 Å². The second kappa shape index (κ2) is 2.56. The Balaban J connectivity index is 2.79. The molecule has 54 valence electrons. The largest absolute Gasteiger partial charge is 0.337 e. The average molecular weight is 137 g/mol. The smallest absolute Gasteiger partial charge is 0.121 e. The molecule has 0 saturated carbocycles. The van der Waals surface area contributed by atoms with E-state index in [1.54, 1.807) is 11.2 Å². The molecule has 0 atom stereocenters. The van der Waals surface area contributed by atoms with Crippen LogP contribution in [0.4, 0.5) is 0 Å². The molecule has 0 bridgehead atoms. The minimum absolute atomic E-state index is 0.866. The van der Waals surface area contributed by atoms with Crippen LogP contribution in [0.5, 0.6) is 0 Å². The van der Waals surface area contributed by atoms with Crippen LogP contribution in [-0.2, 0) is 0 Å². The minimum Gasteiger partial charge on any atom is -0.337 e. The SMILES string of the molecule is C=C1N(C)C=CC=NN1C. The van der Waals surface area contributed by atoms with Gasteiger partial charge < -0.3 is 4.90 Å². The van der Waals surface area contributed by atoms with Gasteiger partial charge in [-0.3, -0.25) is 5.01 Å². The molecule has 0 radical (unpaired) electrons. The summed E-state index contributed by atoms with van der Waals surface area (Å²) in [6.45, 7) is 3.82. The molecule has 0 N–H and O–H groups in total. The Morgan fingerprint density at radius 2 is 2.20 bits per heavy atom. The third kappa shape index (κ3) is 1.18. The summed E-state index contributed by atoms with van der Waals surface area (Å²) in [4.78, 5) is 1.91. The van der Waals surface area contributed by atoms with Crippen molar-refractivity contribution in [1.82, 2.24) is 9.91 Å². The van der Waals surface area contributed by atoms with Crippen LogP contribution >= 0.6 is 0 Å². The maximum absolute atomic E-state index is 4.04. The van der Waals surface area contributed by atoms with Gasteiger partial charge in [-0.1, -0.05) is 6.58 Å². The van der Waals surface area contributed by atoms with Crippen LogP contribution in [0, 0.1) is 0 Å². The zero-order chi connectivity index (χ0) is 7.56. The predicted octanol–water partition coefficient (Wildman–Crippen LogP) is 0.834. The lowest BCUT2D eigenvalue weighted by Crippen LogP contribution is -2.20. The summed E-state index contributed by atoms with van der Waals surface area (Å²) in [6.07, 6.45) is 5.51. The molecule has 0 aliphatic carbocycles. The Labute approximate surface area is 60.9 Å². The van der Waals surface area contributed by atoms with Gasteiger partial charge >= 0.3 is 0 Å². The van der Waals surface area contributed by atoms with E-state index in [1.165, 1.54) is 0 Å². The first kappa shape index (κ1) is 6.86. The summed E-state index contributed by atoms with van der Waals surface area (Å²) in [7, 11) is 3.80. The molecule has 0 amide bonds. The third-order valence-corrected chi connectivity index (χ3v) is 1.42. The van der Waals surface area contributed by atoms with E-state index in [1.807, 2.05) is 31.3 Å². The van der Waals surface area contributed by atoms with Gasteiger partial charge in [-0.25, -0.2) is 0 Å². The molecular weight excluding hydrogens is 126 g/mol. The van der Waals surface area contributed by atoms with Crippen molar-refractivity contribution in [3.05, 3.63) is 24.7 Å². The average Bonchev–Trinajstić information content (AvgIpc) is 2.04. The van der Waals surface area contributed by atoms with Crippen LogP contribution in [0.1, 0.15) is 0 Å². The van der Waals surface area contributed by atoms with Crippen LogP contribution in [-0.4, -0.2) is 30.2 Å². The van der Waals surface area contributed by atoms with Crippen molar-refractivity contribution in [1.29, 1.82) is 0 Å². The van der Waals surface area contributed by atoms with Gasteiger partial charge in [0.2, 0.25) is 0 Å². The number of nitrogens with zero attached hydrogens (tertiary/aromatic N) is 3. The molecule has 1 aliphatic heterocycles. The lowest BCUT2D eigenvalue weighted by molar-refractivity contribution is 0.339. The van der Waals surface area contributed by atoms with E-state index in [0.717, 1.165) is 5.82 Å². The van der Waals surface area contributed by atoms with Crippen LogP contribution in [0.2, 0.25) is 0 Å². The van der Waals surface area contributed by atoms with Crippen LogP contribution in [0.25, 0.3) is 0 Å². The minimum atomic E-state index is 0.866. The van der Waals surface area contributed by atoms with Gasteiger partial charge in [0.25, 0.3) is 0 Å². The van der Waals surface area contributed by atoms with Gasteiger partial charge in [0.05, 0.1) is 0 Å². The molecule has 0 unspecified atom stereocenters. The van der Waals surface area contributed by atoms with Crippen molar-refractivity contribution in [2.24, 2.45) is 5.10 Å². The Kier molecular flexibility index (Phi) is 1.76. The van der Waals surface area contributed by atoms with Crippen molar-refractivity contribution in [3.63, 3.8) is 0 Å². The van der Waals surface area contributed by atoms with Crippen molar-refractivity contribution < 1.29 is 0 Å². The molecule has 0 fully saturated rings. The number of hydrogen-bond acceptors (Lipinski definition) is 3. The van der Waals surface area contributed by atoms with E-state index in [2.05, 4.69) is 11.7 Å². The van der Waals surface area contributed by atoms with Crippen molar-refractivity contribution in [2.45, 2.75) is 0 Å². The molecule has 0 aromatic rings. The molecule has 1 rings (SSSR count). The van der Waals surface area contributed by atoms with Crippen molar-refractivity contribution >= 4 is 6.21 Å². The second-order valence-electron chi connectivity index (χ2n) is 2.16. The molecule has 3 nitrogen and oxygen atoms in total. The third-order valence-electron chi connectivity index (χ3n) is 1.42. The molecule has 0 aromatic carbocycles. The van der Waals surface area contributed by atoms with E-state index in [9.17, 15) is 0 Å². The number of allylic oxidation sites excluding steroid dienone is 1. The van der Waals surface area contributed by atoms with E-state index in [4.69, 9.17) is 0 Å². The van der Waals surface area contributed by atoms with Crippen molar-refractivity contribution in [2.75, 3.05) is 14.1 Å². The maximum atomic E-state index is 4.04. The van der Waals surface area contributed by atoms with E-state index < -0.39 is 0 Å². The zero-order valence-corrected chi connectivity index (χ0v) is 6.28. The van der Waals surface area contributed by atoms with E-state index in [0.29, 0.717) is 0 Å². The van der Waals surface area contributed by atoms with Crippen LogP contribution < -0.4 is 0 Å². The van der Waals surface area contributed by atoms with E-state index in [-0.39, 0.29) is 0 Å². The normalized spacial score (nSPS) is 18.0. The second-order valence-corrected chi connectivity index (χ2v) is 2.16. The number of rotatable bonds is 0. The summed E-state index contributed by atoms with van der Waals surface area (Å²) >= 11 is 0. The topological polar surface area (TPSA) is 18.8 Å². The molecule has 0 spiro atoms. The van der Waals surface area contributed by atoms with Gasteiger partial charge in [-0.05, 0) is 6.08 Å². The van der Waals surface area contributed by atoms with Gasteiger partial charge in [-0.2, -0.15) is 5.10 Å². The fraction of sp³-hybridized carbons (Fsp3) is 0.286. The fourth-order valence-corrected chi connectivity index (χ4v) is 0.687. The quantitative estimate of drug-likeness (QED) is 0.492. The fourth-order valence-electron chi connectivity index (χ4n) is 0.687. The first-order valence-corrected chi connectivity index (χ1v) is 3.08. The maximum Gasteiger partial charge on any atom is 0.121 e. The van der Waals surface area contributed by atoms with Crippen LogP contribution in [0.15, 0.2) is 29.8 Å². The van der Waals surface area contributed by atoms with Gasteiger partial charge in [-0.15, -0.1) is 0 Å². The van der Waals surface area contributed by atoms with Gasteiger partial charge in [0.1, 0.15) is 5.82 Å². The molecule has 0 saturated heterocycles. The molecule has 10 heavy (non-hydrogen) atoms. The summed E-state index contributed by atoms with van der Waals surface area (Å²) < 4.78 is 0. The molecule has 1 aliphatic rings. The Hall–Kier alpha value is -1.25. The monoisotopic (exact) mass is 137 g/mol. The lowest BCUT2D eigenvalue weighted by Gasteiger charge is -2.21. The highest BCUT2D eigenvalue weighted by atomic mass is 15.5. The lowest BCUT2D eigenvalue weighted by atomic mass is 10.6. The Morgan fingerprint density at radius 3 is 2.90 bits per heavy atom. The first-order chi connectivity index (χ1) is 4.72. The van der Waals surface area contributed by atoms with E-state index >= 15 is 0 Å². The summed E-state index contributed by atoms with van der Waals surface area (Å²) in [6, 6.07) is 0. The first-order valence-electron chi connectivity index (χ1n) is 3.08. The highest BCUT2D eigenvalue weighted by Gasteiger charge is 2.03. The van der Waals surface area contributed by atoms with Gasteiger partial charge in [0.15, 0.2) is 0 Å². The highest BCUT2D eigenvalue weighted by Crippen LogP contribution is 2.06. The highest BCUT2D eigenvalue weighted by molar-refractivity contribution is 5.71. The molecule has 1 heterocycles. The Bertz CT molecular complexity index is 173. The zero-order valence-electron chi connectivity index (χ0n) is 6.28. The number of hydrazone groups is 1. The van der Waals surface area contributed by atoms with Crippen LogP contribution in [0.3, 0.4) is 0 Å². The Morgan fingerprint density at radius 1 is 1.50 bits per heavy atom. The molecule has 3 heteroatoms. The standard InChI is InChI=1S/C7H11N3/c1-7-9(2)6-4-5-8-10(7)3/h4-6H,1H2,2-3H3. The van der Waals surface area contributed by atoms with Crippen molar-refractivity contribution in [3.8, 4) is 0 Å². The summed E-state index contributed by atoms with van der Waals surface area (Å²) in [5, 5.41) is 5.76. The number of hydrogen-bond donors (Lipinski definition) is 0. The molecule has 0 aromatic heterocycles.